The van der Waals surface area contributed by atoms with Crippen LogP contribution in [0.15, 0.2) is 0 Å². The lowest BCUT2D eigenvalue weighted by atomic mass is 10.0. The van der Waals surface area contributed by atoms with Gasteiger partial charge in [-0.05, 0) is 12.8 Å². The Balaban J connectivity index is 3.14. The van der Waals surface area contributed by atoms with Gasteiger partial charge in [-0.3, -0.25) is 4.79 Å². The summed E-state index contributed by atoms with van der Waals surface area (Å²) in [7, 11) is 0. The zero-order valence-corrected chi connectivity index (χ0v) is 45.7. The van der Waals surface area contributed by atoms with Crippen LogP contribution < -0.4 is 0 Å². The van der Waals surface area contributed by atoms with Gasteiger partial charge in [0, 0.05) is 6.42 Å². The van der Waals surface area contributed by atoms with Gasteiger partial charge in [0.2, 0.25) is 0 Å². The quantitative estimate of drug-likeness (QED) is 0.0449. The van der Waals surface area contributed by atoms with E-state index in [0.29, 0.717) is 13.0 Å². The SMILES string of the molecule is CCCCCCCCCCCCCCCCCCCCCCCCCCCCCCCCCCC(=O)OCCCCCCCCCCCCCCCCCCCCCCCCCCCC. The molecule has 0 saturated heterocycles. The summed E-state index contributed by atoms with van der Waals surface area (Å²) in [6.45, 7) is 5.25. The van der Waals surface area contributed by atoms with E-state index in [-0.39, 0.29) is 5.97 Å². The second-order valence-electron chi connectivity index (χ2n) is 21.8. The zero-order valence-electron chi connectivity index (χ0n) is 45.7. The maximum absolute atomic E-state index is 12.1. The molecular formula is C63H126O2. The molecule has 2 nitrogen and oxygen atoms in total. The van der Waals surface area contributed by atoms with Crippen LogP contribution in [0.2, 0.25) is 0 Å². The highest BCUT2D eigenvalue weighted by Crippen LogP contribution is 2.19. The van der Waals surface area contributed by atoms with E-state index in [9.17, 15) is 4.79 Å². The normalized spacial score (nSPS) is 11.6. The first-order valence-corrected chi connectivity index (χ1v) is 31.5. The fraction of sp³-hybridized carbons (Fsp3) is 0.984. The highest BCUT2D eigenvalue weighted by molar-refractivity contribution is 5.69. The Bertz CT molecular complexity index is 822. The number of carbonyl (C=O) groups excluding carboxylic acids is 1. The van der Waals surface area contributed by atoms with E-state index in [1.165, 1.54) is 360 Å². The first kappa shape index (κ1) is 64.5. The first-order valence-electron chi connectivity index (χ1n) is 31.5. The Morgan fingerprint density at radius 1 is 0.200 bits per heavy atom. The highest BCUT2D eigenvalue weighted by atomic mass is 16.5. The van der Waals surface area contributed by atoms with E-state index in [2.05, 4.69) is 13.8 Å². The molecule has 0 unspecified atom stereocenters. The number of esters is 1. The van der Waals surface area contributed by atoms with Crippen LogP contribution in [0.3, 0.4) is 0 Å². The second kappa shape index (κ2) is 61.5. The van der Waals surface area contributed by atoms with Gasteiger partial charge >= 0.3 is 5.97 Å². The van der Waals surface area contributed by atoms with E-state index in [0.717, 1.165) is 12.8 Å². The van der Waals surface area contributed by atoms with Gasteiger partial charge < -0.3 is 4.74 Å². The molecular weight excluding hydrogens is 789 g/mol. The molecule has 0 aliphatic heterocycles. The molecule has 0 aromatic rings. The number of hydrogen-bond donors (Lipinski definition) is 0. The predicted molar refractivity (Wildman–Crippen MR) is 295 cm³/mol. The molecule has 0 amide bonds. The molecule has 0 radical (unpaired) electrons. The lowest BCUT2D eigenvalue weighted by Crippen LogP contribution is -2.05. The molecule has 65 heavy (non-hydrogen) atoms. The summed E-state index contributed by atoms with van der Waals surface area (Å²) < 4.78 is 5.53. The monoisotopic (exact) mass is 915 g/mol. The lowest BCUT2D eigenvalue weighted by molar-refractivity contribution is -0.143. The Kier molecular flexibility index (Phi) is 61.0. The fourth-order valence-corrected chi connectivity index (χ4v) is 10.3. The summed E-state index contributed by atoms with van der Waals surface area (Å²) in [5.74, 6) is 0.0372. The minimum atomic E-state index is 0.0372. The molecule has 2 heteroatoms. The van der Waals surface area contributed by atoms with Gasteiger partial charge in [-0.25, -0.2) is 0 Å². The third kappa shape index (κ3) is 61.5. The minimum Gasteiger partial charge on any atom is -0.466 e. The molecule has 0 aromatic heterocycles. The molecule has 390 valence electrons. The predicted octanol–water partition coefficient (Wildman–Crippen LogP) is 23.6. The average Bonchev–Trinajstić information content (AvgIpc) is 3.31. The standard InChI is InChI=1S/C63H126O2/c1-3-5-7-9-11-13-15-17-19-21-23-25-27-29-31-32-33-34-35-36-37-39-41-43-45-47-49-51-53-55-57-59-61-63(64)65-62-60-58-56-54-52-50-48-46-44-42-40-38-30-28-26-24-22-20-18-16-14-12-10-8-6-4-2/h3-62H2,1-2H3. The summed E-state index contributed by atoms with van der Waals surface area (Å²) in [4.78, 5) is 12.1. The summed E-state index contributed by atoms with van der Waals surface area (Å²) in [5, 5.41) is 0. The summed E-state index contributed by atoms with van der Waals surface area (Å²) in [6.07, 6.45) is 83.2. The smallest absolute Gasteiger partial charge is 0.305 e. The van der Waals surface area contributed by atoms with E-state index >= 15 is 0 Å². The van der Waals surface area contributed by atoms with Crippen LogP contribution in [0.1, 0.15) is 393 Å². The van der Waals surface area contributed by atoms with E-state index in [1.807, 2.05) is 0 Å². The van der Waals surface area contributed by atoms with Crippen molar-refractivity contribution in [2.24, 2.45) is 0 Å². The highest BCUT2D eigenvalue weighted by Gasteiger charge is 2.04. The molecule has 0 aromatic carbocycles. The molecule has 0 bridgehead atoms. The number of rotatable bonds is 60. The largest absolute Gasteiger partial charge is 0.466 e. The molecule has 0 saturated carbocycles. The van der Waals surface area contributed by atoms with Crippen LogP contribution in [0.4, 0.5) is 0 Å². The van der Waals surface area contributed by atoms with Crippen molar-refractivity contribution in [2.45, 2.75) is 393 Å². The minimum absolute atomic E-state index is 0.0372. The van der Waals surface area contributed by atoms with Crippen LogP contribution in [0.5, 0.6) is 0 Å². The van der Waals surface area contributed by atoms with Crippen LogP contribution in [0, 0.1) is 0 Å². The van der Waals surface area contributed by atoms with Crippen molar-refractivity contribution in [3.63, 3.8) is 0 Å². The molecule has 0 fully saturated rings. The zero-order chi connectivity index (χ0) is 46.7. The van der Waals surface area contributed by atoms with Crippen molar-refractivity contribution in [2.75, 3.05) is 6.61 Å². The summed E-state index contributed by atoms with van der Waals surface area (Å²) in [6, 6.07) is 0. The number of unbranched alkanes of at least 4 members (excludes halogenated alkanes) is 56. The van der Waals surface area contributed by atoms with E-state index in [4.69, 9.17) is 4.74 Å². The van der Waals surface area contributed by atoms with Crippen LogP contribution in [-0.4, -0.2) is 12.6 Å². The Hall–Kier alpha value is -0.530. The van der Waals surface area contributed by atoms with Gasteiger partial charge in [0.15, 0.2) is 0 Å². The van der Waals surface area contributed by atoms with Crippen molar-refractivity contribution in [3.8, 4) is 0 Å². The van der Waals surface area contributed by atoms with Crippen molar-refractivity contribution in [1.29, 1.82) is 0 Å². The summed E-state index contributed by atoms with van der Waals surface area (Å²) in [5.41, 5.74) is 0. The third-order valence-electron chi connectivity index (χ3n) is 15.0. The maximum atomic E-state index is 12.1. The lowest BCUT2D eigenvalue weighted by Gasteiger charge is -2.06. The van der Waals surface area contributed by atoms with E-state index < -0.39 is 0 Å². The maximum Gasteiger partial charge on any atom is 0.305 e. The van der Waals surface area contributed by atoms with Crippen molar-refractivity contribution < 1.29 is 9.53 Å². The van der Waals surface area contributed by atoms with Gasteiger partial charge in [0.25, 0.3) is 0 Å². The Morgan fingerprint density at radius 3 is 0.508 bits per heavy atom. The van der Waals surface area contributed by atoms with E-state index in [1.54, 1.807) is 0 Å². The van der Waals surface area contributed by atoms with Crippen LogP contribution >= 0.6 is 0 Å². The first-order chi connectivity index (χ1) is 32.3. The number of carbonyl (C=O) groups is 1. The Labute approximate surface area is 413 Å². The van der Waals surface area contributed by atoms with Crippen molar-refractivity contribution in [1.82, 2.24) is 0 Å². The summed E-state index contributed by atoms with van der Waals surface area (Å²) >= 11 is 0. The molecule has 0 aliphatic rings. The molecule has 0 heterocycles. The fourth-order valence-electron chi connectivity index (χ4n) is 10.3. The molecule has 0 aliphatic carbocycles. The molecule has 0 atom stereocenters. The van der Waals surface area contributed by atoms with Gasteiger partial charge in [-0.15, -0.1) is 0 Å². The topological polar surface area (TPSA) is 26.3 Å². The van der Waals surface area contributed by atoms with Gasteiger partial charge in [0.1, 0.15) is 0 Å². The molecule has 0 spiro atoms. The Morgan fingerprint density at radius 2 is 0.338 bits per heavy atom. The van der Waals surface area contributed by atoms with Gasteiger partial charge in [-0.2, -0.15) is 0 Å². The average molecular weight is 916 g/mol. The van der Waals surface area contributed by atoms with Gasteiger partial charge in [0.05, 0.1) is 6.61 Å². The number of ether oxygens (including phenoxy) is 1. The second-order valence-corrected chi connectivity index (χ2v) is 21.8. The van der Waals surface area contributed by atoms with Crippen molar-refractivity contribution >= 4 is 5.97 Å². The van der Waals surface area contributed by atoms with Crippen LogP contribution in [0.25, 0.3) is 0 Å². The van der Waals surface area contributed by atoms with Crippen molar-refractivity contribution in [3.05, 3.63) is 0 Å². The molecule has 0 N–H and O–H groups in total. The molecule has 0 rings (SSSR count). The van der Waals surface area contributed by atoms with Gasteiger partial charge in [-0.1, -0.05) is 373 Å². The van der Waals surface area contributed by atoms with Crippen LogP contribution in [-0.2, 0) is 9.53 Å². The third-order valence-corrected chi connectivity index (χ3v) is 15.0. The number of hydrogen-bond acceptors (Lipinski definition) is 2.